The molecule has 1 saturated carbocycles. The van der Waals surface area contributed by atoms with Gasteiger partial charge in [-0.05, 0) is 69.0 Å². The number of sulfonamides is 1. The second-order valence-electron chi connectivity index (χ2n) is 10.4. The van der Waals surface area contributed by atoms with Gasteiger partial charge in [-0.3, -0.25) is 13.9 Å². The number of benzene rings is 3. The summed E-state index contributed by atoms with van der Waals surface area (Å²) in [6.07, 6.45) is 3.97. The van der Waals surface area contributed by atoms with Gasteiger partial charge in [-0.1, -0.05) is 78.5 Å². The van der Waals surface area contributed by atoms with Crippen LogP contribution in [0.3, 0.4) is 0 Å². The Hall–Kier alpha value is -3.36. The second-order valence-corrected chi connectivity index (χ2v) is 12.7. The van der Waals surface area contributed by atoms with E-state index in [0.717, 1.165) is 46.7 Å². The Labute approximate surface area is 242 Å². The minimum absolute atomic E-state index is 0.0526. The molecule has 1 N–H and O–H groups in total. The molecule has 1 atom stereocenters. The third-order valence-corrected chi connectivity index (χ3v) is 9.55. The lowest BCUT2D eigenvalue weighted by Gasteiger charge is -2.32. The van der Waals surface area contributed by atoms with Gasteiger partial charge in [-0.15, -0.1) is 0 Å². The molecular weight excluding hydrogens is 546 g/mol. The Kier molecular flexibility index (Phi) is 9.53. The molecule has 40 heavy (non-hydrogen) atoms. The number of hydrogen-bond donors (Lipinski definition) is 1. The van der Waals surface area contributed by atoms with Crippen LogP contribution in [0.2, 0.25) is 5.02 Å². The highest BCUT2D eigenvalue weighted by molar-refractivity contribution is 7.92. The number of amides is 2. The molecule has 1 aliphatic rings. The van der Waals surface area contributed by atoms with Gasteiger partial charge in [0, 0.05) is 17.6 Å². The third kappa shape index (κ3) is 7.04. The van der Waals surface area contributed by atoms with E-state index in [-0.39, 0.29) is 29.1 Å². The summed E-state index contributed by atoms with van der Waals surface area (Å²) in [4.78, 5) is 28.9. The van der Waals surface area contributed by atoms with Crippen molar-refractivity contribution < 1.29 is 18.0 Å². The van der Waals surface area contributed by atoms with Crippen LogP contribution in [0.5, 0.6) is 0 Å². The van der Waals surface area contributed by atoms with E-state index in [9.17, 15) is 18.0 Å². The van der Waals surface area contributed by atoms with Crippen LogP contribution in [0.25, 0.3) is 0 Å². The lowest BCUT2D eigenvalue weighted by Crippen LogP contribution is -2.52. The molecule has 9 heteroatoms. The number of carbonyl (C=O) groups excluding carboxylic acids is 2. The highest BCUT2D eigenvalue weighted by atomic mass is 35.5. The van der Waals surface area contributed by atoms with Crippen molar-refractivity contribution in [2.75, 3.05) is 10.8 Å². The molecule has 2 amide bonds. The van der Waals surface area contributed by atoms with Gasteiger partial charge in [-0.2, -0.15) is 0 Å². The van der Waals surface area contributed by atoms with Gasteiger partial charge < -0.3 is 10.2 Å². The molecule has 0 spiro atoms. The number of aryl methyl sites for hydroxylation is 2. The van der Waals surface area contributed by atoms with E-state index in [2.05, 4.69) is 5.32 Å². The fourth-order valence-corrected chi connectivity index (χ4v) is 6.57. The van der Waals surface area contributed by atoms with E-state index >= 15 is 0 Å². The summed E-state index contributed by atoms with van der Waals surface area (Å²) in [6, 6.07) is 19.9. The normalized spacial score (nSPS) is 14.5. The third-order valence-electron chi connectivity index (χ3n) is 7.36. The van der Waals surface area contributed by atoms with Gasteiger partial charge in [0.1, 0.15) is 12.6 Å². The average molecular weight is 582 g/mol. The molecule has 0 aliphatic heterocycles. The van der Waals surface area contributed by atoms with Gasteiger partial charge in [-0.25, -0.2) is 8.42 Å². The van der Waals surface area contributed by atoms with Crippen molar-refractivity contribution in [3.8, 4) is 0 Å². The standard InChI is InChI=1S/C31H36ClN3O4S/c1-22-10-9-11-25(18-22)20-34(24(3)31(37)33-26-12-7-8-13-26)30(36)21-35(27-17-16-23(2)29(32)19-27)40(38,39)28-14-5-4-6-15-28/h4-6,9-11,14-19,24,26H,7-8,12-13,20-21H2,1-3H3,(H,33,37)/t24-/m1/s1. The number of nitrogens with one attached hydrogen (secondary N) is 1. The maximum atomic E-state index is 14.0. The Morgan fingerprint density at radius 3 is 2.33 bits per heavy atom. The zero-order valence-electron chi connectivity index (χ0n) is 23.1. The summed E-state index contributed by atoms with van der Waals surface area (Å²) >= 11 is 6.38. The molecule has 0 radical (unpaired) electrons. The SMILES string of the molecule is Cc1cccc(CN(C(=O)CN(c2ccc(C)c(Cl)c2)S(=O)(=O)c2ccccc2)[C@H](C)C(=O)NC2CCCC2)c1. The van der Waals surface area contributed by atoms with Crippen LogP contribution >= 0.6 is 11.6 Å². The summed E-state index contributed by atoms with van der Waals surface area (Å²) < 4.78 is 28.8. The molecule has 0 heterocycles. The molecule has 1 aliphatic carbocycles. The van der Waals surface area contributed by atoms with Gasteiger partial charge in [0.2, 0.25) is 11.8 Å². The van der Waals surface area contributed by atoms with E-state index in [1.54, 1.807) is 43.3 Å². The Bertz CT molecular complexity index is 1460. The van der Waals surface area contributed by atoms with E-state index < -0.39 is 28.5 Å². The lowest BCUT2D eigenvalue weighted by molar-refractivity contribution is -0.139. The minimum Gasteiger partial charge on any atom is -0.352 e. The maximum Gasteiger partial charge on any atom is 0.264 e. The summed E-state index contributed by atoms with van der Waals surface area (Å²) in [7, 11) is -4.13. The molecule has 3 aromatic carbocycles. The van der Waals surface area contributed by atoms with Gasteiger partial charge >= 0.3 is 0 Å². The van der Waals surface area contributed by atoms with Crippen LogP contribution < -0.4 is 9.62 Å². The summed E-state index contributed by atoms with van der Waals surface area (Å²) in [6.45, 7) is 5.14. The molecule has 0 unspecified atom stereocenters. The number of carbonyl (C=O) groups is 2. The van der Waals surface area contributed by atoms with Crippen molar-refractivity contribution in [1.82, 2.24) is 10.2 Å². The van der Waals surface area contributed by atoms with Crippen molar-refractivity contribution in [1.29, 1.82) is 0 Å². The van der Waals surface area contributed by atoms with Crippen LogP contribution in [0.15, 0.2) is 77.7 Å². The van der Waals surface area contributed by atoms with Gasteiger partial charge in [0.25, 0.3) is 10.0 Å². The minimum atomic E-state index is -4.13. The number of hydrogen-bond acceptors (Lipinski definition) is 4. The molecule has 4 rings (SSSR count). The smallest absolute Gasteiger partial charge is 0.264 e. The number of anilines is 1. The van der Waals surface area contributed by atoms with Crippen LogP contribution in [0, 0.1) is 13.8 Å². The predicted octanol–water partition coefficient (Wildman–Crippen LogP) is 5.63. The van der Waals surface area contributed by atoms with Gasteiger partial charge in [0.05, 0.1) is 10.6 Å². The quantitative estimate of drug-likeness (QED) is 0.336. The summed E-state index contributed by atoms with van der Waals surface area (Å²) in [5, 5.41) is 3.47. The Morgan fingerprint density at radius 1 is 0.975 bits per heavy atom. The Morgan fingerprint density at radius 2 is 1.68 bits per heavy atom. The molecular formula is C31H36ClN3O4S. The van der Waals surface area contributed by atoms with Crippen molar-refractivity contribution in [3.63, 3.8) is 0 Å². The maximum absolute atomic E-state index is 14.0. The first-order valence-electron chi connectivity index (χ1n) is 13.6. The highest BCUT2D eigenvalue weighted by Crippen LogP contribution is 2.28. The number of nitrogens with zero attached hydrogens (tertiary/aromatic N) is 2. The number of rotatable bonds is 10. The fraction of sp³-hybridized carbons (Fsp3) is 0.355. The van der Waals surface area contributed by atoms with Crippen LogP contribution in [0.4, 0.5) is 5.69 Å². The van der Waals surface area contributed by atoms with Gasteiger partial charge in [0.15, 0.2) is 0 Å². The molecule has 0 bridgehead atoms. The van der Waals surface area contributed by atoms with Crippen molar-refractivity contribution in [2.24, 2.45) is 0 Å². The Balaban J connectivity index is 1.69. The second kappa shape index (κ2) is 12.9. The lowest BCUT2D eigenvalue weighted by atomic mass is 10.1. The highest BCUT2D eigenvalue weighted by Gasteiger charge is 2.33. The summed E-state index contributed by atoms with van der Waals surface area (Å²) in [5.41, 5.74) is 2.93. The summed E-state index contributed by atoms with van der Waals surface area (Å²) in [5.74, 6) is -0.740. The average Bonchev–Trinajstić information content (AvgIpc) is 3.45. The van der Waals surface area contributed by atoms with E-state index in [0.29, 0.717) is 5.02 Å². The monoisotopic (exact) mass is 581 g/mol. The first kappa shape index (κ1) is 29.6. The fourth-order valence-electron chi connectivity index (χ4n) is 4.97. The van der Waals surface area contributed by atoms with E-state index in [1.807, 2.05) is 38.1 Å². The molecule has 1 fully saturated rings. The zero-order chi connectivity index (χ0) is 28.9. The molecule has 7 nitrogen and oxygen atoms in total. The van der Waals surface area contributed by atoms with Crippen molar-refractivity contribution >= 4 is 39.1 Å². The first-order chi connectivity index (χ1) is 19.1. The van der Waals surface area contributed by atoms with Crippen molar-refractivity contribution in [2.45, 2.75) is 70.0 Å². The zero-order valence-corrected chi connectivity index (χ0v) is 24.7. The first-order valence-corrected chi connectivity index (χ1v) is 15.4. The molecule has 3 aromatic rings. The van der Waals surface area contributed by atoms with Crippen LogP contribution in [-0.2, 0) is 26.2 Å². The van der Waals surface area contributed by atoms with Crippen LogP contribution in [0.1, 0.15) is 49.3 Å². The predicted molar refractivity (Wildman–Crippen MR) is 159 cm³/mol. The topological polar surface area (TPSA) is 86.8 Å². The molecule has 0 saturated heterocycles. The molecule has 0 aromatic heterocycles. The largest absolute Gasteiger partial charge is 0.352 e. The van der Waals surface area contributed by atoms with Crippen molar-refractivity contribution in [3.05, 3.63) is 94.5 Å². The van der Waals surface area contributed by atoms with E-state index in [1.165, 1.54) is 17.0 Å². The van der Waals surface area contributed by atoms with Crippen LogP contribution in [-0.4, -0.2) is 43.8 Å². The van der Waals surface area contributed by atoms with E-state index in [4.69, 9.17) is 11.6 Å². The number of halogens is 1. The molecule has 212 valence electrons.